The highest BCUT2D eigenvalue weighted by atomic mass is 35.5. The van der Waals surface area contributed by atoms with Crippen molar-refractivity contribution in [1.29, 1.82) is 0 Å². The Morgan fingerprint density at radius 2 is 1.53 bits per heavy atom. The molecule has 0 rings (SSSR count). The Balaban J connectivity index is 3.53. The number of hydrogen-bond acceptors (Lipinski definition) is 6. The second-order valence-electron chi connectivity index (χ2n) is 2.73. The summed E-state index contributed by atoms with van der Waals surface area (Å²) in [4.78, 5) is 18.5. The van der Waals surface area contributed by atoms with Crippen molar-refractivity contribution in [2.75, 3.05) is 31.6 Å². The maximum absolute atomic E-state index is 9.26. The van der Waals surface area contributed by atoms with Gasteiger partial charge in [-0.2, -0.15) is 0 Å². The fourth-order valence-corrected chi connectivity index (χ4v) is 2.35. The summed E-state index contributed by atoms with van der Waals surface area (Å²) in [5.74, 6) is 0.560. The van der Waals surface area contributed by atoms with Crippen molar-refractivity contribution >= 4 is 40.4 Å². The van der Waals surface area contributed by atoms with E-state index < -0.39 is 23.3 Å². The summed E-state index contributed by atoms with van der Waals surface area (Å²) in [5.41, 5.74) is 0. The van der Waals surface area contributed by atoms with E-state index in [0.29, 0.717) is 0 Å². The first-order valence-corrected chi connectivity index (χ1v) is 8.08. The molecule has 0 radical (unpaired) electrons. The van der Waals surface area contributed by atoms with Crippen molar-refractivity contribution in [2.24, 2.45) is 0 Å². The summed E-state index contributed by atoms with van der Waals surface area (Å²) in [6.45, 7) is 2.17. The molecule has 0 aromatic rings. The normalized spacial score (nSPS) is 16.8. The summed E-state index contributed by atoms with van der Waals surface area (Å²) in [6.07, 6.45) is -0.432. The fourth-order valence-electron chi connectivity index (χ4n) is 0.646. The van der Waals surface area contributed by atoms with Gasteiger partial charge in [-0.25, -0.2) is 0 Å². The molecule has 0 aliphatic carbocycles. The maximum atomic E-state index is 9.26. The van der Waals surface area contributed by atoms with Gasteiger partial charge in [0.25, 0.3) is 0 Å². The van der Waals surface area contributed by atoms with Crippen LogP contribution < -0.4 is 0 Å². The highest BCUT2D eigenvalue weighted by Crippen LogP contribution is 2.37. The van der Waals surface area contributed by atoms with Crippen LogP contribution in [0.25, 0.3) is 0 Å². The third-order valence-corrected chi connectivity index (χ3v) is 3.27. The molecule has 0 aliphatic heterocycles. The Hall–Kier alpha value is 1.20. The van der Waals surface area contributed by atoms with Gasteiger partial charge in [0.1, 0.15) is 0 Å². The molecule has 0 heterocycles. The predicted octanol–water partition coefficient (Wildman–Crippen LogP) is 2.36. The molecule has 6 nitrogen and oxygen atoms in total. The molecule has 0 spiro atoms. The zero-order valence-electron chi connectivity index (χ0n) is 9.29. The van der Waals surface area contributed by atoms with E-state index in [1.807, 2.05) is 0 Å². The van der Waals surface area contributed by atoms with E-state index in [1.165, 1.54) is 0 Å². The molecule has 0 aliphatic rings. The molecule has 0 aromatic carbocycles. The van der Waals surface area contributed by atoms with Crippen molar-refractivity contribution in [1.82, 2.24) is 0 Å². The zero-order valence-corrected chi connectivity index (χ0v) is 12.6. The quantitative estimate of drug-likeness (QED) is 0.448. The molecule has 0 bridgehead atoms. The largest absolute Gasteiger partial charge is 0.330 e. The molecule has 0 saturated heterocycles. The number of hydrogen-bond donors (Lipinski definition) is 2. The van der Waals surface area contributed by atoms with Crippen LogP contribution in [-0.4, -0.2) is 47.5 Å². The van der Waals surface area contributed by atoms with Crippen LogP contribution in [0.3, 0.4) is 0 Å². The highest BCUT2D eigenvalue weighted by Gasteiger charge is 2.15. The smallest absolute Gasteiger partial charge is 0.328 e. The minimum Gasteiger partial charge on any atom is -0.328 e. The van der Waals surface area contributed by atoms with Crippen LogP contribution in [-0.2, 0) is 18.1 Å². The summed E-state index contributed by atoms with van der Waals surface area (Å²) in [5, 5.41) is 0. The van der Waals surface area contributed by atoms with Crippen LogP contribution in [0.4, 0.5) is 0 Å². The lowest BCUT2D eigenvalue weighted by atomic mass is 10.5. The molecule has 0 saturated carbocycles. The van der Waals surface area contributed by atoms with Crippen LogP contribution in [0.1, 0.15) is 6.92 Å². The van der Waals surface area contributed by atoms with E-state index in [4.69, 9.17) is 41.3 Å². The number of alkyl halides is 2. The van der Waals surface area contributed by atoms with Gasteiger partial charge in [0.05, 0.1) is 25.9 Å². The summed E-state index contributed by atoms with van der Waals surface area (Å²) in [6, 6.07) is 0. The van der Waals surface area contributed by atoms with Crippen molar-refractivity contribution in [3.05, 3.63) is 0 Å². The average molecular weight is 329 g/mol. The van der Waals surface area contributed by atoms with Crippen molar-refractivity contribution in [3.8, 4) is 0 Å². The van der Waals surface area contributed by atoms with E-state index in [2.05, 4.69) is 0 Å². The van der Waals surface area contributed by atoms with Crippen LogP contribution in [0.5, 0.6) is 0 Å². The number of halogens is 2. The van der Waals surface area contributed by atoms with Gasteiger partial charge < -0.3 is 27.9 Å². The minimum atomic E-state index is -1.97. The molecular formula is C7H16Cl2O6P2. The zero-order chi connectivity index (χ0) is 13.1. The van der Waals surface area contributed by atoms with Gasteiger partial charge in [0, 0.05) is 11.8 Å². The Morgan fingerprint density at radius 3 is 2.06 bits per heavy atom. The van der Waals surface area contributed by atoms with Crippen LogP contribution in [0.2, 0.25) is 0 Å². The topological polar surface area (TPSA) is 77.4 Å². The Bertz CT molecular complexity index is 180. The Kier molecular flexibility index (Phi) is 13.1. The van der Waals surface area contributed by atoms with Crippen LogP contribution >= 0.6 is 40.4 Å². The van der Waals surface area contributed by atoms with E-state index in [-0.39, 0.29) is 31.6 Å². The van der Waals surface area contributed by atoms with Gasteiger partial charge in [0.15, 0.2) is 0 Å². The van der Waals surface area contributed by atoms with Gasteiger partial charge in [0.2, 0.25) is 0 Å². The minimum absolute atomic E-state index is 0.0775. The lowest BCUT2D eigenvalue weighted by Crippen LogP contribution is -2.13. The van der Waals surface area contributed by atoms with Gasteiger partial charge in [-0.15, -0.1) is 23.2 Å². The van der Waals surface area contributed by atoms with Gasteiger partial charge in [-0.05, 0) is 6.92 Å². The average Bonchev–Trinajstić information content (AvgIpc) is 2.31. The molecule has 10 heteroatoms. The number of rotatable bonds is 11. The molecule has 0 amide bonds. The Morgan fingerprint density at radius 1 is 1.00 bits per heavy atom. The van der Waals surface area contributed by atoms with Gasteiger partial charge in [-0.1, -0.05) is 0 Å². The summed E-state index contributed by atoms with van der Waals surface area (Å²) in [7, 11) is -3.92. The van der Waals surface area contributed by atoms with E-state index >= 15 is 0 Å². The second-order valence-corrected chi connectivity index (χ2v) is 5.42. The molecular weight excluding hydrogens is 313 g/mol. The van der Waals surface area contributed by atoms with Gasteiger partial charge in [-0.3, -0.25) is 0 Å². The van der Waals surface area contributed by atoms with E-state index in [1.54, 1.807) is 6.92 Å². The first-order valence-electron chi connectivity index (χ1n) is 4.75. The van der Waals surface area contributed by atoms with Crippen molar-refractivity contribution < 1.29 is 27.9 Å². The van der Waals surface area contributed by atoms with Crippen molar-refractivity contribution in [2.45, 2.75) is 13.0 Å². The lowest BCUT2D eigenvalue weighted by molar-refractivity contribution is 0.0994. The first-order chi connectivity index (χ1) is 8.10. The third-order valence-electron chi connectivity index (χ3n) is 1.25. The molecule has 2 N–H and O–H groups in total. The molecule has 104 valence electrons. The summed E-state index contributed by atoms with van der Waals surface area (Å²) >= 11 is 10.7. The maximum Gasteiger partial charge on any atom is 0.330 e. The van der Waals surface area contributed by atoms with E-state index in [0.717, 1.165) is 0 Å². The standard InChI is InChI=1S/C7H16Cl2O6P2/c1-7(15-17(11)13-5-3-9)6-14-16(10)12-4-2-8/h7,10-11H,2-6H2,1H3. The SMILES string of the molecule is CC(COP(O)OCCCl)OP(O)OCCCl. The monoisotopic (exact) mass is 328 g/mol. The Labute approximate surface area is 113 Å². The lowest BCUT2D eigenvalue weighted by Gasteiger charge is -2.17. The molecule has 17 heavy (non-hydrogen) atoms. The fraction of sp³-hybridized carbons (Fsp3) is 1.00. The predicted molar refractivity (Wildman–Crippen MR) is 68.1 cm³/mol. The molecule has 0 fully saturated rings. The third kappa shape index (κ3) is 12.0. The molecule has 3 unspecified atom stereocenters. The van der Waals surface area contributed by atoms with Gasteiger partial charge >= 0.3 is 17.2 Å². The second kappa shape index (κ2) is 12.2. The molecule has 3 atom stereocenters. The molecule has 0 aromatic heterocycles. The van der Waals surface area contributed by atoms with Crippen molar-refractivity contribution in [3.63, 3.8) is 0 Å². The summed E-state index contributed by atoms with van der Waals surface area (Å²) < 4.78 is 19.6. The van der Waals surface area contributed by atoms with Crippen LogP contribution in [0.15, 0.2) is 0 Å². The van der Waals surface area contributed by atoms with E-state index in [9.17, 15) is 9.79 Å². The first kappa shape index (κ1) is 18.2. The van der Waals surface area contributed by atoms with Crippen LogP contribution in [0, 0.1) is 0 Å². The highest BCUT2D eigenvalue weighted by molar-refractivity contribution is 7.40.